The van der Waals surface area contributed by atoms with Crippen molar-refractivity contribution in [1.82, 2.24) is 30.2 Å². The summed E-state index contributed by atoms with van der Waals surface area (Å²) in [6.07, 6.45) is 3.74. The van der Waals surface area contributed by atoms with Gasteiger partial charge in [-0.15, -0.1) is 5.10 Å². The molecule has 2 atom stereocenters. The molecule has 3 aromatic rings. The van der Waals surface area contributed by atoms with E-state index in [1.165, 1.54) is 0 Å². The number of aromatic nitrogens is 4. The highest BCUT2D eigenvalue weighted by Gasteiger charge is 2.25. The monoisotopic (exact) mass is 352 g/mol. The highest BCUT2D eigenvalue weighted by molar-refractivity contribution is 5.55. The first-order valence-electron chi connectivity index (χ1n) is 9.04. The number of rotatable bonds is 5. The van der Waals surface area contributed by atoms with Crippen molar-refractivity contribution in [2.75, 3.05) is 13.1 Å². The number of hydrogen-bond acceptors (Lipinski definition) is 6. The normalized spacial score (nSPS) is 21.2. The summed E-state index contributed by atoms with van der Waals surface area (Å²) in [5, 5.41) is 12.0. The van der Waals surface area contributed by atoms with Crippen LogP contribution in [-0.4, -0.2) is 50.1 Å². The molecule has 1 aliphatic rings. The first-order chi connectivity index (χ1) is 12.7. The maximum absolute atomic E-state index is 5.85. The van der Waals surface area contributed by atoms with Crippen LogP contribution >= 0.6 is 0 Å². The molecule has 0 aliphatic carbocycles. The molecule has 0 amide bonds. The van der Waals surface area contributed by atoms with E-state index in [1.54, 1.807) is 10.9 Å². The summed E-state index contributed by atoms with van der Waals surface area (Å²) in [5.41, 5.74) is 1.99. The van der Waals surface area contributed by atoms with Gasteiger partial charge in [0.05, 0.1) is 18.1 Å². The topological polar surface area (TPSA) is 72.0 Å². The fourth-order valence-electron chi connectivity index (χ4n) is 3.41. The first-order valence-corrected chi connectivity index (χ1v) is 9.04. The Bertz CT molecular complexity index is 833. The van der Waals surface area contributed by atoms with Crippen molar-refractivity contribution >= 4 is 0 Å². The minimum Gasteiger partial charge on any atom is -0.439 e. The Balaban J connectivity index is 1.42. The van der Waals surface area contributed by atoms with E-state index in [0.717, 1.165) is 36.7 Å². The van der Waals surface area contributed by atoms with Gasteiger partial charge in [0, 0.05) is 37.3 Å². The first kappa shape index (κ1) is 16.9. The van der Waals surface area contributed by atoms with Crippen molar-refractivity contribution in [1.29, 1.82) is 0 Å². The summed E-state index contributed by atoms with van der Waals surface area (Å²) in [7, 11) is 0. The smallest absolute Gasteiger partial charge is 0.216 e. The van der Waals surface area contributed by atoms with E-state index in [2.05, 4.69) is 39.4 Å². The van der Waals surface area contributed by atoms with Crippen LogP contribution in [0, 0.1) is 0 Å². The summed E-state index contributed by atoms with van der Waals surface area (Å²) in [6, 6.07) is 10.9. The number of nitrogens with zero attached hydrogens (tertiary/aromatic N) is 5. The quantitative estimate of drug-likeness (QED) is 0.759. The van der Waals surface area contributed by atoms with Crippen LogP contribution in [0.15, 0.2) is 47.1 Å². The summed E-state index contributed by atoms with van der Waals surface area (Å²) in [5.74, 6) is 1.40. The zero-order valence-electron chi connectivity index (χ0n) is 15.2. The molecule has 2 aromatic heterocycles. The predicted octanol–water partition coefficient (Wildman–Crippen LogP) is 2.16. The molecule has 3 heterocycles. The second-order valence-corrected chi connectivity index (χ2v) is 6.92. The molecule has 7 heteroatoms. The number of benzene rings is 1. The zero-order chi connectivity index (χ0) is 17.9. The van der Waals surface area contributed by atoms with Gasteiger partial charge in [-0.05, 0) is 13.8 Å². The second kappa shape index (κ2) is 7.39. The van der Waals surface area contributed by atoms with Gasteiger partial charge in [-0.2, -0.15) is 0 Å². The number of piperazine rings is 1. The van der Waals surface area contributed by atoms with Gasteiger partial charge < -0.3 is 9.73 Å². The predicted molar refractivity (Wildman–Crippen MR) is 98.4 cm³/mol. The van der Waals surface area contributed by atoms with Crippen molar-refractivity contribution in [2.45, 2.75) is 39.0 Å². The minimum absolute atomic E-state index is 0.479. The van der Waals surface area contributed by atoms with Crippen LogP contribution < -0.4 is 5.32 Å². The lowest BCUT2D eigenvalue weighted by Crippen LogP contribution is -2.54. The van der Waals surface area contributed by atoms with E-state index >= 15 is 0 Å². The van der Waals surface area contributed by atoms with Crippen molar-refractivity contribution in [2.24, 2.45) is 0 Å². The van der Waals surface area contributed by atoms with Crippen LogP contribution in [0.5, 0.6) is 0 Å². The van der Waals surface area contributed by atoms with Crippen molar-refractivity contribution in [3.05, 3.63) is 54.3 Å². The highest BCUT2D eigenvalue weighted by atomic mass is 16.4. The Kier molecular flexibility index (Phi) is 4.81. The van der Waals surface area contributed by atoms with Gasteiger partial charge in [-0.25, -0.2) is 9.67 Å². The Hall–Kier alpha value is -2.51. The molecule has 0 spiro atoms. The fraction of sp³-hybridized carbons (Fsp3) is 0.421. The summed E-state index contributed by atoms with van der Waals surface area (Å²) in [4.78, 5) is 6.82. The molecule has 1 aromatic carbocycles. The summed E-state index contributed by atoms with van der Waals surface area (Å²) >= 11 is 0. The number of hydrogen-bond donors (Lipinski definition) is 1. The third-order valence-corrected chi connectivity index (χ3v) is 4.85. The lowest BCUT2D eigenvalue weighted by molar-refractivity contribution is 0.107. The largest absolute Gasteiger partial charge is 0.439 e. The minimum atomic E-state index is 0.479. The molecule has 1 aliphatic heterocycles. The van der Waals surface area contributed by atoms with Gasteiger partial charge in [-0.3, -0.25) is 4.90 Å². The molecule has 136 valence electrons. The van der Waals surface area contributed by atoms with Crippen molar-refractivity contribution in [3.8, 4) is 11.3 Å². The van der Waals surface area contributed by atoms with Crippen LogP contribution in [0.4, 0.5) is 0 Å². The molecule has 0 saturated carbocycles. The van der Waals surface area contributed by atoms with Gasteiger partial charge >= 0.3 is 0 Å². The number of nitrogens with one attached hydrogen (secondary N) is 1. The van der Waals surface area contributed by atoms with E-state index in [4.69, 9.17) is 4.42 Å². The van der Waals surface area contributed by atoms with E-state index in [-0.39, 0.29) is 0 Å². The molecule has 1 saturated heterocycles. The molecule has 1 N–H and O–H groups in total. The number of oxazole rings is 1. The maximum Gasteiger partial charge on any atom is 0.216 e. The van der Waals surface area contributed by atoms with Crippen LogP contribution in [-0.2, 0) is 13.1 Å². The Morgan fingerprint density at radius 2 is 1.88 bits per heavy atom. The van der Waals surface area contributed by atoms with Crippen LogP contribution in [0.2, 0.25) is 0 Å². The molecule has 0 radical (unpaired) electrons. The Labute approximate surface area is 153 Å². The molecule has 26 heavy (non-hydrogen) atoms. The third kappa shape index (κ3) is 3.68. The molecule has 1 fully saturated rings. The highest BCUT2D eigenvalue weighted by Crippen LogP contribution is 2.20. The summed E-state index contributed by atoms with van der Waals surface area (Å²) < 4.78 is 7.63. The lowest BCUT2D eigenvalue weighted by atomic mass is 10.1. The molecule has 0 unspecified atom stereocenters. The summed E-state index contributed by atoms with van der Waals surface area (Å²) in [6.45, 7) is 7.79. The van der Waals surface area contributed by atoms with Gasteiger partial charge in [0.25, 0.3) is 0 Å². The van der Waals surface area contributed by atoms with Gasteiger partial charge in [0.1, 0.15) is 6.54 Å². The van der Waals surface area contributed by atoms with E-state index in [1.807, 2.05) is 36.5 Å². The Morgan fingerprint density at radius 3 is 2.65 bits per heavy atom. The fourth-order valence-corrected chi connectivity index (χ4v) is 3.41. The Morgan fingerprint density at radius 1 is 1.12 bits per heavy atom. The molecular weight excluding hydrogens is 328 g/mol. The maximum atomic E-state index is 5.85. The molecule has 7 nitrogen and oxygen atoms in total. The van der Waals surface area contributed by atoms with E-state index in [0.29, 0.717) is 24.5 Å². The molecule has 4 rings (SSSR count). The van der Waals surface area contributed by atoms with Crippen LogP contribution in [0.25, 0.3) is 11.3 Å². The lowest BCUT2D eigenvalue weighted by Gasteiger charge is -2.38. The third-order valence-electron chi connectivity index (χ3n) is 4.85. The van der Waals surface area contributed by atoms with Crippen LogP contribution in [0.3, 0.4) is 0 Å². The zero-order valence-corrected chi connectivity index (χ0v) is 15.2. The standard InChI is InChI=1S/C19H24N6O/c1-14-8-20-9-15(2)25(14)12-17-11-24(23-22-17)13-19-21-10-18(26-19)16-6-4-3-5-7-16/h3-7,10-11,14-15,20H,8-9,12-13H2,1-2H3/t14-,15+. The average molecular weight is 352 g/mol. The van der Waals surface area contributed by atoms with Gasteiger partial charge in [0.2, 0.25) is 5.89 Å². The molecular formula is C19H24N6O. The van der Waals surface area contributed by atoms with Crippen molar-refractivity contribution in [3.63, 3.8) is 0 Å². The average Bonchev–Trinajstić information content (AvgIpc) is 3.29. The van der Waals surface area contributed by atoms with Crippen LogP contribution in [0.1, 0.15) is 25.4 Å². The molecule has 0 bridgehead atoms. The van der Waals surface area contributed by atoms with E-state index in [9.17, 15) is 0 Å². The van der Waals surface area contributed by atoms with E-state index < -0.39 is 0 Å². The van der Waals surface area contributed by atoms with Gasteiger partial charge in [-0.1, -0.05) is 35.5 Å². The SMILES string of the molecule is C[C@@H]1CNC[C@H](C)N1Cc1cn(Cc2ncc(-c3ccccc3)o2)nn1. The second-order valence-electron chi connectivity index (χ2n) is 6.92. The van der Waals surface area contributed by atoms with Crippen molar-refractivity contribution < 1.29 is 4.42 Å². The van der Waals surface area contributed by atoms with Gasteiger partial charge in [0.15, 0.2) is 5.76 Å².